The fourth-order valence-electron chi connectivity index (χ4n) is 3.74. The van der Waals surface area contributed by atoms with E-state index in [0.29, 0.717) is 37.6 Å². The SMILES string of the molecule is Cc1ccc(S(=O)(=O)N2CCN(C(=O)CN3C[C@@H](C)O[C@H](C)C3)CC2)cc1. The van der Waals surface area contributed by atoms with E-state index in [0.717, 1.165) is 18.7 Å². The molecule has 150 valence electrons. The number of carbonyl (C=O) groups is 1. The summed E-state index contributed by atoms with van der Waals surface area (Å²) in [5, 5.41) is 0. The van der Waals surface area contributed by atoms with Gasteiger partial charge in [-0.25, -0.2) is 8.42 Å². The average Bonchev–Trinajstić information content (AvgIpc) is 2.61. The van der Waals surface area contributed by atoms with Crippen LogP contribution in [0.5, 0.6) is 0 Å². The van der Waals surface area contributed by atoms with Crippen molar-refractivity contribution in [3.63, 3.8) is 0 Å². The normalized spacial score (nSPS) is 25.5. The van der Waals surface area contributed by atoms with Gasteiger partial charge >= 0.3 is 0 Å². The first-order chi connectivity index (χ1) is 12.8. The minimum Gasteiger partial charge on any atom is -0.373 e. The Morgan fingerprint density at radius 1 is 1.04 bits per heavy atom. The van der Waals surface area contributed by atoms with Crippen LogP contribution in [0.3, 0.4) is 0 Å². The van der Waals surface area contributed by atoms with E-state index in [-0.39, 0.29) is 18.1 Å². The largest absolute Gasteiger partial charge is 0.373 e. The van der Waals surface area contributed by atoms with Crippen LogP contribution in [0.1, 0.15) is 19.4 Å². The zero-order chi connectivity index (χ0) is 19.6. The fraction of sp³-hybridized carbons (Fsp3) is 0.632. The quantitative estimate of drug-likeness (QED) is 0.759. The Bertz CT molecular complexity index is 748. The molecule has 0 radical (unpaired) electrons. The first kappa shape index (κ1) is 20.3. The summed E-state index contributed by atoms with van der Waals surface area (Å²) in [5.41, 5.74) is 1.02. The van der Waals surface area contributed by atoms with Gasteiger partial charge in [-0.3, -0.25) is 9.69 Å². The van der Waals surface area contributed by atoms with Crippen LogP contribution in [0.15, 0.2) is 29.2 Å². The molecule has 3 rings (SSSR count). The summed E-state index contributed by atoms with van der Waals surface area (Å²) in [6.07, 6.45) is 0.246. The molecule has 0 N–H and O–H groups in total. The Labute approximate surface area is 161 Å². The molecule has 8 heteroatoms. The van der Waals surface area contributed by atoms with Crippen molar-refractivity contribution in [1.82, 2.24) is 14.1 Å². The summed E-state index contributed by atoms with van der Waals surface area (Å²) < 4.78 is 32.7. The molecule has 0 spiro atoms. The number of piperazine rings is 1. The third-order valence-electron chi connectivity index (χ3n) is 5.10. The molecule has 2 aliphatic heterocycles. The van der Waals surface area contributed by atoms with E-state index in [1.165, 1.54) is 4.31 Å². The Kier molecular flexibility index (Phi) is 6.20. The van der Waals surface area contributed by atoms with Crippen molar-refractivity contribution in [2.45, 2.75) is 37.9 Å². The maximum atomic E-state index is 12.8. The second kappa shape index (κ2) is 8.26. The molecule has 0 bridgehead atoms. The maximum absolute atomic E-state index is 12.8. The smallest absolute Gasteiger partial charge is 0.243 e. The van der Waals surface area contributed by atoms with Gasteiger partial charge in [0.15, 0.2) is 0 Å². The van der Waals surface area contributed by atoms with Crippen molar-refractivity contribution in [3.05, 3.63) is 29.8 Å². The van der Waals surface area contributed by atoms with Crippen LogP contribution in [0.4, 0.5) is 0 Å². The first-order valence-corrected chi connectivity index (χ1v) is 10.9. The predicted molar refractivity (Wildman–Crippen MR) is 103 cm³/mol. The lowest BCUT2D eigenvalue weighted by atomic mass is 10.2. The minimum atomic E-state index is -3.50. The highest BCUT2D eigenvalue weighted by molar-refractivity contribution is 7.89. The second-order valence-corrected chi connectivity index (χ2v) is 9.49. The van der Waals surface area contributed by atoms with Crippen LogP contribution in [0.2, 0.25) is 0 Å². The van der Waals surface area contributed by atoms with Gasteiger partial charge in [-0.05, 0) is 32.9 Å². The van der Waals surface area contributed by atoms with Crippen molar-refractivity contribution in [1.29, 1.82) is 0 Å². The van der Waals surface area contributed by atoms with Crippen LogP contribution >= 0.6 is 0 Å². The van der Waals surface area contributed by atoms with Crippen molar-refractivity contribution in [2.24, 2.45) is 0 Å². The number of ether oxygens (including phenoxy) is 1. The zero-order valence-electron chi connectivity index (χ0n) is 16.3. The Hall–Kier alpha value is -1.48. The Morgan fingerprint density at radius 2 is 1.59 bits per heavy atom. The number of nitrogens with zero attached hydrogens (tertiary/aromatic N) is 3. The molecule has 2 aliphatic rings. The molecule has 0 saturated carbocycles. The molecule has 2 saturated heterocycles. The molecule has 1 aromatic rings. The van der Waals surface area contributed by atoms with Gasteiger partial charge in [0.1, 0.15) is 0 Å². The highest BCUT2D eigenvalue weighted by Crippen LogP contribution is 2.18. The average molecular weight is 396 g/mol. The maximum Gasteiger partial charge on any atom is 0.243 e. The predicted octanol–water partition coefficient (Wildman–Crippen LogP) is 0.937. The second-order valence-electron chi connectivity index (χ2n) is 7.55. The lowest BCUT2D eigenvalue weighted by molar-refractivity contribution is -0.137. The Morgan fingerprint density at radius 3 is 2.15 bits per heavy atom. The molecule has 2 atom stereocenters. The van der Waals surface area contributed by atoms with Crippen LogP contribution in [-0.4, -0.2) is 86.5 Å². The molecular weight excluding hydrogens is 366 g/mol. The van der Waals surface area contributed by atoms with E-state index in [1.807, 2.05) is 20.8 Å². The van der Waals surface area contributed by atoms with Crippen LogP contribution in [-0.2, 0) is 19.6 Å². The minimum absolute atomic E-state index is 0.0590. The van der Waals surface area contributed by atoms with Gasteiger partial charge in [0.2, 0.25) is 15.9 Å². The van der Waals surface area contributed by atoms with E-state index >= 15 is 0 Å². The molecule has 2 heterocycles. The number of hydrogen-bond acceptors (Lipinski definition) is 5. The summed E-state index contributed by atoms with van der Waals surface area (Å²) in [4.78, 5) is 16.8. The number of carbonyl (C=O) groups excluding carboxylic acids is 1. The summed E-state index contributed by atoms with van der Waals surface area (Å²) >= 11 is 0. The van der Waals surface area contributed by atoms with Crippen LogP contribution in [0, 0.1) is 6.92 Å². The van der Waals surface area contributed by atoms with E-state index in [1.54, 1.807) is 29.2 Å². The molecule has 7 nitrogen and oxygen atoms in total. The third-order valence-corrected chi connectivity index (χ3v) is 7.02. The monoisotopic (exact) mass is 395 g/mol. The lowest BCUT2D eigenvalue weighted by Crippen LogP contribution is -2.54. The summed E-state index contributed by atoms with van der Waals surface area (Å²) in [5.74, 6) is 0.0590. The number of sulfonamides is 1. The summed E-state index contributed by atoms with van der Waals surface area (Å²) in [6.45, 7) is 9.34. The lowest BCUT2D eigenvalue weighted by Gasteiger charge is -2.38. The highest BCUT2D eigenvalue weighted by atomic mass is 32.2. The third kappa shape index (κ3) is 4.87. The van der Waals surface area contributed by atoms with E-state index in [4.69, 9.17) is 4.74 Å². The van der Waals surface area contributed by atoms with Crippen LogP contribution in [0.25, 0.3) is 0 Å². The van der Waals surface area contributed by atoms with Gasteiger partial charge in [-0.2, -0.15) is 4.31 Å². The number of aryl methyl sites for hydroxylation is 1. The van der Waals surface area contributed by atoms with E-state index in [2.05, 4.69) is 4.90 Å². The topological polar surface area (TPSA) is 70.2 Å². The van der Waals surface area contributed by atoms with Crippen LogP contribution < -0.4 is 0 Å². The van der Waals surface area contributed by atoms with Crippen molar-refractivity contribution >= 4 is 15.9 Å². The van der Waals surface area contributed by atoms with Crippen molar-refractivity contribution in [3.8, 4) is 0 Å². The van der Waals surface area contributed by atoms with Gasteiger partial charge in [0, 0.05) is 39.3 Å². The number of morpholine rings is 1. The first-order valence-electron chi connectivity index (χ1n) is 9.48. The van der Waals surface area contributed by atoms with Gasteiger partial charge in [-0.15, -0.1) is 0 Å². The molecule has 1 aromatic carbocycles. The molecular formula is C19H29N3O4S. The molecule has 0 aliphatic carbocycles. The van der Waals surface area contributed by atoms with Gasteiger partial charge in [0.05, 0.1) is 23.6 Å². The van der Waals surface area contributed by atoms with Gasteiger partial charge in [-0.1, -0.05) is 17.7 Å². The van der Waals surface area contributed by atoms with E-state index in [9.17, 15) is 13.2 Å². The molecule has 1 amide bonds. The number of hydrogen-bond donors (Lipinski definition) is 0. The van der Waals surface area contributed by atoms with Gasteiger partial charge < -0.3 is 9.64 Å². The molecule has 2 fully saturated rings. The van der Waals surface area contributed by atoms with Crippen molar-refractivity contribution < 1.29 is 17.9 Å². The summed E-state index contributed by atoms with van der Waals surface area (Å²) in [7, 11) is -3.50. The van der Waals surface area contributed by atoms with E-state index < -0.39 is 10.0 Å². The zero-order valence-corrected chi connectivity index (χ0v) is 17.1. The number of rotatable bonds is 4. The van der Waals surface area contributed by atoms with Crippen molar-refractivity contribution in [2.75, 3.05) is 45.8 Å². The molecule has 0 aromatic heterocycles. The standard InChI is InChI=1S/C19H29N3O4S/c1-15-4-6-18(7-5-15)27(24,25)22-10-8-21(9-11-22)19(23)14-20-12-16(2)26-17(3)13-20/h4-7,16-17H,8-14H2,1-3H3/t16-,17-/m1/s1. The Balaban J connectivity index is 1.55. The summed E-state index contributed by atoms with van der Waals surface area (Å²) in [6, 6.07) is 6.89. The van der Waals surface area contributed by atoms with Gasteiger partial charge in [0.25, 0.3) is 0 Å². The highest BCUT2D eigenvalue weighted by Gasteiger charge is 2.31. The fourth-order valence-corrected chi connectivity index (χ4v) is 5.16. The molecule has 0 unspecified atom stereocenters. The number of amides is 1. The molecule has 27 heavy (non-hydrogen) atoms. The number of benzene rings is 1.